The molecular weight excluding hydrogens is 585 g/mol. The molecule has 2 N–H and O–H groups in total. The first-order chi connectivity index (χ1) is 17.2. The Labute approximate surface area is 217 Å². The Morgan fingerprint density at radius 2 is 1.42 bits per heavy atom. The van der Waals surface area contributed by atoms with E-state index in [9.17, 15) is 53.5 Å². The van der Waals surface area contributed by atoms with Gasteiger partial charge in [0.05, 0.1) is 17.0 Å². The van der Waals surface area contributed by atoms with Crippen LogP contribution in [0.2, 0.25) is 0 Å². The highest BCUT2D eigenvalue weighted by Crippen LogP contribution is 2.65. The molecule has 38 heavy (non-hydrogen) atoms. The zero-order valence-electron chi connectivity index (χ0n) is 18.4. The zero-order valence-corrected chi connectivity index (χ0v) is 19.9. The topological polar surface area (TPSA) is 58.2 Å². The molecule has 2 atom stereocenters. The Balaban J connectivity index is 1.80. The number of halogens is 12. The maximum Gasteiger partial charge on any atom is 0.416 e. The normalized spacial score (nSPS) is 19.2. The summed E-state index contributed by atoms with van der Waals surface area (Å²) in [7, 11) is 0. The Morgan fingerprint density at radius 1 is 0.868 bits per heavy atom. The summed E-state index contributed by atoms with van der Waals surface area (Å²) < 4.78 is 128. The lowest BCUT2D eigenvalue weighted by molar-refractivity contribution is -0.154. The van der Waals surface area contributed by atoms with Crippen LogP contribution in [0.25, 0.3) is 0 Å². The Kier molecular flexibility index (Phi) is 7.92. The maximum atomic E-state index is 14.0. The summed E-state index contributed by atoms with van der Waals surface area (Å²) in [5, 5.41) is 4.08. The summed E-state index contributed by atoms with van der Waals surface area (Å²) in [6.45, 7) is -0.685. The van der Waals surface area contributed by atoms with Gasteiger partial charge in [0, 0.05) is 23.7 Å². The quantitative estimate of drug-likeness (QED) is 0.279. The van der Waals surface area contributed by atoms with Crippen LogP contribution < -0.4 is 10.6 Å². The largest absolute Gasteiger partial charge is 0.416 e. The summed E-state index contributed by atoms with van der Waals surface area (Å²) in [6.07, 6.45) is -16.9. The molecule has 16 heteroatoms. The number of benzene rings is 2. The molecule has 2 unspecified atom stereocenters. The molecule has 3 rings (SSSR count). The molecule has 1 aliphatic rings. The van der Waals surface area contributed by atoms with Crippen LogP contribution >= 0.6 is 23.2 Å². The number of rotatable bonds is 6. The minimum atomic E-state index is -5.15. The monoisotopic (exact) mass is 598 g/mol. The number of anilines is 1. The second kappa shape index (κ2) is 10.1. The van der Waals surface area contributed by atoms with Crippen LogP contribution in [0, 0.1) is 11.7 Å². The third-order valence-corrected chi connectivity index (χ3v) is 6.40. The van der Waals surface area contributed by atoms with Crippen molar-refractivity contribution in [1.82, 2.24) is 5.32 Å². The van der Waals surface area contributed by atoms with Gasteiger partial charge in [-0.25, -0.2) is 4.39 Å². The molecule has 2 aromatic carbocycles. The Bertz CT molecular complexity index is 1210. The summed E-state index contributed by atoms with van der Waals surface area (Å²) in [5.41, 5.74) is -4.35. The van der Waals surface area contributed by atoms with Crippen LogP contribution in [-0.2, 0) is 28.5 Å². The fourth-order valence-electron chi connectivity index (χ4n) is 3.67. The molecule has 0 radical (unpaired) electrons. The van der Waals surface area contributed by atoms with Gasteiger partial charge in [0.15, 0.2) is 0 Å². The van der Waals surface area contributed by atoms with Crippen molar-refractivity contribution in [1.29, 1.82) is 0 Å². The van der Waals surface area contributed by atoms with E-state index in [-0.39, 0.29) is 17.3 Å². The molecule has 208 valence electrons. The van der Waals surface area contributed by atoms with E-state index in [4.69, 9.17) is 23.2 Å². The third-order valence-electron chi connectivity index (χ3n) is 5.46. The predicted molar refractivity (Wildman–Crippen MR) is 115 cm³/mol. The highest BCUT2D eigenvalue weighted by atomic mass is 35.5. The minimum Gasteiger partial charge on any atom is -0.352 e. The van der Waals surface area contributed by atoms with E-state index >= 15 is 0 Å². The van der Waals surface area contributed by atoms with Crippen LogP contribution in [0.4, 0.5) is 49.6 Å². The van der Waals surface area contributed by atoms with Crippen molar-refractivity contribution in [3.8, 4) is 0 Å². The smallest absolute Gasteiger partial charge is 0.352 e. The van der Waals surface area contributed by atoms with Gasteiger partial charge in [-0.05, 0) is 42.0 Å². The van der Waals surface area contributed by atoms with Crippen LogP contribution in [0.1, 0.15) is 34.6 Å². The van der Waals surface area contributed by atoms with E-state index in [1.54, 1.807) is 0 Å². The average Bonchev–Trinajstić information content (AvgIpc) is 3.33. The molecule has 1 saturated carbocycles. The minimum absolute atomic E-state index is 0.0986. The van der Waals surface area contributed by atoms with Crippen LogP contribution in [-0.4, -0.2) is 22.3 Å². The van der Waals surface area contributed by atoms with E-state index in [2.05, 4.69) is 5.32 Å². The molecule has 0 saturated heterocycles. The molecule has 2 aromatic rings. The second-order valence-electron chi connectivity index (χ2n) is 8.33. The Morgan fingerprint density at radius 3 is 1.92 bits per heavy atom. The van der Waals surface area contributed by atoms with Gasteiger partial charge in [0.2, 0.25) is 11.8 Å². The van der Waals surface area contributed by atoms with Crippen LogP contribution in [0.3, 0.4) is 0 Å². The molecule has 0 aromatic heterocycles. The molecule has 1 aliphatic carbocycles. The van der Waals surface area contributed by atoms with E-state index < -0.39 is 82.0 Å². The first kappa shape index (κ1) is 29.8. The molecular formula is C22H14Cl2F10N2O2. The van der Waals surface area contributed by atoms with Gasteiger partial charge >= 0.3 is 18.5 Å². The lowest BCUT2D eigenvalue weighted by atomic mass is 10.0. The van der Waals surface area contributed by atoms with Gasteiger partial charge in [0.1, 0.15) is 16.6 Å². The van der Waals surface area contributed by atoms with Crippen LogP contribution in [0.15, 0.2) is 36.4 Å². The SMILES string of the molecule is O=C(CC(F)(F)F)NCc1cc(NC(=O)C2C(c3cc(C(F)(F)F)cc(C(F)(F)F)c3)C2(Cl)Cl)ccc1F. The summed E-state index contributed by atoms with van der Waals surface area (Å²) >= 11 is 12.1. The highest BCUT2D eigenvalue weighted by Gasteiger charge is 2.68. The lowest BCUT2D eigenvalue weighted by Gasteiger charge is -2.14. The van der Waals surface area contributed by atoms with Crippen molar-refractivity contribution >= 4 is 40.7 Å². The molecule has 0 heterocycles. The number of alkyl halides is 11. The number of nitrogens with one attached hydrogen (secondary N) is 2. The fraction of sp³-hybridized carbons (Fsp3) is 0.364. The van der Waals surface area contributed by atoms with Gasteiger partial charge in [-0.1, -0.05) is 0 Å². The average molecular weight is 599 g/mol. The number of amides is 2. The second-order valence-corrected chi connectivity index (χ2v) is 9.78. The number of hydrogen-bond donors (Lipinski definition) is 2. The summed E-state index contributed by atoms with van der Waals surface area (Å²) in [6, 6.07) is 3.47. The van der Waals surface area contributed by atoms with Gasteiger partial charge in [-0.15, -0.1) is 23.2 Å². The van der Waals surface area contributed by atoms with Crippen LogP contribution in [0.5, 0.6) is 0 Å². The zero-order chi connectivity index (χ0) is 28.8. The van der Waals surface area contributed by atoms with E-state index in [1.165, 1.54) is 0 Å². The molecule has 4 nitrogen and oxygen atoms in total. The Hall–Kier alpha value is -2.74. The first-order valence-corrected chi connectivity index (χ1v) is 11.1. The van der Waals surface area contributed by atoms with Crippen molar-refractivity contribution in [2.75, 3.05) is 5.32 Å². The number of carbonyl (C=O) groups is 2. The molecule has 0 aliphatic heterocycles. The van der Waals surface area contributed by atoms with Crippen molar-refractivity contribution in [3.63, 3.8) is 0 Å². The summed E-state index contributed by atoms with van der Waals surface area (Å²) in [5.74, 6) is -6.43. The molecule has 2 amide bonds. The van der Waals surface area contributed by atoms with Gasteiger partial charge < -0.3 is 10.6 Å². The molecule has 1 fully saturated rings. The maximum absolute atomic E-state index is 14.0. The van der Waals surface area contributed by atoms with E-state index in [0.29, 0.717) is 12.1 Å². The predicted octanol–water partition coefficient (Wildman–Crippen LogP) is 6.96. The van der Waals surface area contributed by atoms with Gasteiger partial charge in [-0.3, -0.25) is 9.59 Å². The summed E-state index contributed by atoms with van der Waals surface area (Å²) in [4.78, 5) is 24.1. The fourth-order valence-corrected chi connectivity index (χ4v) is 4.50. The number of hydrogen-bond acceptors (Lipinski definition) is 2. The van der Waals surface area contributed by atoms with Crippen molar-refractivity contribution < 1.29 is 53.5 Å². The first-order valence-electron chi connectivity index (χ1n) is 10.3. The van der Waals surface area contributed by atoms with Gasteiger partial charge in [0.25, 0.3) is 0 Å². The van der Waals surface area contributed by atoms with E-state index in [1.807, 2.05) is 5.32 Å². The molecule has 0 bridgehead atoms. The van der Waals surface area contributed by atoms with Crippen molar-refractivity contribution in [2.45, 2.75) is 41.7 Å². The standard InChI is InChI=1S/C22H14Cl2F10N2O2/c23-20(24)16(9-3-11(21(29,30)31)6-12(4-9)22(32,33)34)17(20)18(38)36-13-1-2-14(25)10(5-13)8-35-15(37)7-19(26,27)28/h1-6,16-17H,7-8H2,(H,35,37)(H,36,38). The highest BCUT2D eigenvalue weighted by molar-refractivity contribution is 6.53. The third kappa shape index (κ3) is 7.01. The van der Waals surface area contributed by atoms with Crippen molar-refractivity contribution in [3.05, 3.63) is 64.5 Å². The molecule has 0 spiro atoms. The number of carbonyl (C=O) groups excluding carboxylic acids is 2. The van der Waals surface area contributed by atoms with Crippen molar-refractivity contribution in [2.24, 2.45) is 5.92 Å². The van der Waals surface area contributed by atoms with E-state index in [0.717, 1.165) is 18.2 Å². The van der Waals surface area contributed by atoms with Gasteiger partial charge in [-0.2, -0.15) is 39.5 Å². The lowest BCUT2D eigenvalue weighted by Crippen LogP contribution is -2.28.